The molecule has 1 aromatic heterocycles. The highest BCUT2D eigenvalue weighted by molar-refractivity contribution is 7.91. The zero-order chi connectivity index (χ0) is 22.4. The molecular weight excluding hydrogens is 442 g/mol. The molecule has 11 heteroatoms. The van der Waals surface area contributed by atoms with E-state index in [0.717, 1.165) is 22.5 Å². The molecule has 1 aromatic carbocycles. The smallest absolute Gasteiger partial charge is 0.276 e. The second-order valence-corrected chi connectivity index (χ2v) is 10.4. The van der Waals surface area contributed by atoms with Crippen LogP contribution in [0.25, 0.3) is 0 Å². The number of amides is 2. The third-order valence-electron chi connectivity index (χ3n) is 4.73. The van der Waals surface area contributed by atoms with Crippen LogP contribution in [0.2, 0.25) is 0 Å². The van der Waals surface area contributed by atoms with Gasteiger partial charge in [0.25, 0.3) is 15.9 Å². The van der Waals surface area contributed by atoms with Crippen LogP contribution in [-0.2, 0) is 30.8 Å². The molecule has 0 radical (unpaired) electrons. The van der Waals surface area contributed by atoms with Gasteiger partial charge in [-0.15, -0.1) is 11.3 Å². The predicted molar refractivity (Wildman–Crippen MR) is 115 cm³/mol. The van der Waals surface area contributed by atoms with Gasteiger partial charge in [0.2, 0.25) is 5.91 Å². The van der Waals surface area contributed by atoms with Gasteiger partial charge in [0, 0.05) is 18.0 Å². The molecule has 0 bridgehead atoms. The molecule has 0 unspecified atom stereocenters. The molecule has 168 valence electrons. The van der Waals surface area contributed by atoms with Crippen LogP contribution >= 0.6 is 11.3 Å². The molecule has 1 fully saturated rings. The van der Waals surface area contributed by atoms with Crippen LogP contribution in [0, 0.1) is 13.8 Å². The van der Waals surface area contributed by atoms with Crippen molar-refractivity contribution in [1.29, 1.82) is 0 Å². The van der Waals surface area contributed by atoms with Crippen LogP contribution in [0.4, 0.5) is 0 Å². The maximum atomic E-state index is 12.6. The highest BCUT2D eigenvalue weighted by Crippen LogP contribution is 2.25. The van der Waals surface area contributed by atoms with E-state index in [1.54, 1.807) is 12.1 Å². The van der Waals surface area contributed by atoms with Crippen LogP contribution in [0.3, 0.4) is 0 Å². The number of rotatable bonds is 7. The SMILES string of the molecule is Cc1ccc(OCC(=O)NNC(=O)Cc2ccc(S(=O)(=O)N3CCOCC3)s2)cc1C. The maximum Gasteiger partial charge on any atom is 0.276 e. The first-order valence-electron chi connectivity index (χ1n) is 9.70. The predicted octanol–water partition coefficient (Wildman–Crippen LogP) is 1.15. The second-order valence-electron chi connectivity index (χ2n) is 7.05. The van der Waals surface area contributed by atoms with Crippen molar-refractivity contribution in [2.45, 2.75) is 24.5 Å². The summed E-state index contributed by atoms with van der Waals surface area (Å²) < 4.78 is 37.4. The molecule has 1 aliphatic rings. The number of thiophene rings is 1. The lowest BCUT2D eigenvalue weighted by Crippen LogP contribution is -2.44. The first-order valence-corrected chi connectivity index (χ1v) is 12.0. The maximum absolute atomic E-state index is 12.6. The van der Waals surface area contributed by atoms with Crippen LogP contribution in [0.15, 0.2) is 34.5 Å². The molecule has 0 spiro atoms. The molecule has 0 saturated carbocycles. The summed E-state index contributed by atoms with van der Waals surface area (Å²) in [7, 11) is -3.59. The second kappa shape index (κ2) is 10.2. The first kappa shape index (κ1) is 23.2. The summed E-state index contributed by atoms with van der Waals surface area (Å²) >= 11 is 1.04. The zero-order valence-electron chi connectivity index (χ0n) is 17.3. The van der Waals surface area contributed by atoms with Gasteiger partial charge < -0.3 is 9.47 Å². The van der Waals surface area contributed by atoms with E-state index in [9.17, 15) is 18.0 Å². The van der Waals surface area contributed by atoms with Crippen molar-refractivity contribution in [3.63, 3.8) is 0 Å². The Balaban J connectivity index is 1.45. The number of aryl methyl sites for hydroxylation is 2. The fraction of sp³-hybridized carbons (Fsp3) is 0.400. The van der Waals surface area contributed by atoms with E-state index >= 15 is 0 Å². The van der Waals surface area contributed by atoms with Crippen molar-refractivity contribution in [2.24, 2.45) is 0 Å². The van der Waals surface area contributed by atoms with Gasteiger partial charge in [0.05, 0.1) is 19.6 Å². The first-order chi connectivity index (χ1) is 14.8. The number of nitrogens with one attached hydrogen (secondary N) is 2. The van der Waals surface area contributed by atoms with Crippen LogP contribution in [0.1, 0.15) is 16.0 Å². The molecule has 2 aromatic rings. The minimum Gasteiger partial charge on any atom is -0.484 e. The largest absolute Gasteiger partial charge is 0.484 e. The molecule has 9 nitrogen and oxygen atoms in total. The van der Waals surface area contributed by atoms with E-state index in [1.807, 2.05) is 26.0 Å². The van der Waals surface area contributed by atoms with Gasteiger partial charge in [-0.25, -0.2) is 8.42 Å². The van der Waals surface area contributed by atoms with Crippen molar-refractivity contribution in [3.8, 4) is 5.75 Å². The third-order valence-corrected chi connectivity index (χ3v) is 8.18. The summed E-state index contributed by atoms with van der Waals surface area (Å²) in [5, 5.41) is 0. The Hall–Kier alpha value is -2.47. The lowest BCUT2D eigenvalue weighted by molar-refractivity contribution is -0.129. The molecule has 1 aliphatic heterocycles. The Labute approximate surface area is 185 Å². The molecule has 2 amide bonds. The lowest BCUT2D eigenvalue weighted by Gasteiger charge is -2.25. The topological polar surface area (TPSA) is 114 Å². The number of hydrazine groups is 1. The van der Waals surface area contributed by atoms with Gasteiger partial charge >= 0.3 is 0 Å². The number of carbonyl (C=O) groups is 2. The molecule has 2 heterocycles. The van der Waals surface area contributed by atoms with Crippen molar-refractivity contribution >= 4 is 33.2 Å². The standard InChI is InChI=1S/C20H25N3O6S2/c1-14-3-4-16(11-15(14)2)29-13-19(25)22-21-18(24)12-17-5-6-20(30-17)31(26,27)23-7-9-28-10-8-23/h3-6,11H,7-10,12-13H2,1-2H3,(H,21,24)(H,22,25). The Morgan fingerprint density at radius 1 is 1.06 bits per heavy atom. The van der Waals surface area contributed by atoms with Gasteiger partial charge in [-0.3, -0.25) is 20.4 Å². The number of nitrogens with zero attached hydrogens (tertiary/aromatic N) is 1. The van der Waals surface area contributed by atoms with Gasteiger partial charge in [-0.05, 0) is 49.2 Å². The Bertz CT molecular complexity index is 1040. The molecule has 0 atom stereocenters. The molecule has 0 aliphatic carbocycles. The number of benzene rings is 1. The monoisotopic (exact) mass is 467 g/mol. The number of ether oxygens (including phenoxy) is 2. The van der Waals surface area contributed by atoms with Crippen molar-refractivity contribution in [2.75, 3.05) is 32.9 Å². The highest BCUT2D eigenvalue weighted by atomic mass is 32.2. The lowest BCUT2D eigenvalue weighted by atomic mass is 10.1. The summed E-state index contributed by atoms with van der Waals surface area (Å²) in [5.41, 5.74) is 6.78. The van der Waals surface area contributed by atoms with Crippen LogP contribution in [0.5, 0.6) is 5.75 Å². The summed E-state index contributed by atoms with van der Waals surface area (Å²) in [5.74, 6) is -0.401. The van der Waals surface area contributed by atoms with Crippen molar-refractivity contribution in [1.82, 2.24) is 15.2 Å². The summed E-state index contributed by atoms with van der Waals surface area (Å²) in [6, 6.07) is 8.60. The minimum atomic E-state index is -3.59. The number of morpholine rings is 1. The van der Waals surface area contributed by atoms with E-state index in [0.29, 0.717) is 36.9 Å². The average Bonchev–Trinajstić information content (AvgIpc) is 3.23. The van der Waals surface area contributed by atoms with E-state index in [-0.39, 0.29) is 17.2 Å². The average molecular weight is 468 g/mol. The van der Waals surface area contributed by atoms with Crippen molar-refractivity contribution < 1.29 is 27.5 Å². The number of hydrogen-bond acceptors (Lipinski definition) is 7. The van der Waals surface area contributed by atoms with E-state index < -0.39 is 21.8 Å². The van der Waals surface area contributed by atoms with Gasteiger partial charge in [-0.2, -0.15) is 4.31 Å². The summed E-state index contributed by atoms with van der Waals surface area (Å²) in [4.78, 5) is 24.6. The zero-order valence-corrected chi connectivity index (χ0v) is 19.0. The molecule has 1 saturated heterocycles. The van der Waals surface area contributed by atoms with E-state index in [4.69, 9.17) is 9.47 Å². The van der Waals surface area contributed by atoms with E-state index in [1.165, 1.54) is 10.4 Å². The minimum absolute atomic E-state index is 0.0540. The van der Waals surface area contributed by atoms with Gasteiger partial charge in [-0.1, -0.05) is 6.07 Å². The van der Waals surface area contributed by atoms with Gasteiger partial charge in [0.1, 0.15) is 9.96 Å². The highest BCUT2D eigenvalue weighted by Gasteiger charge is 2.27. The van der Waals surface area contributed by atoms with Crippen LogP contribution in [-0.4, -0.2) is 57.4 Å². The normalized spacial score (nSPS) is 14.8. The Kier molecular flexibility index (Phi) is 7.65. The number of sulfonamides is 1. The van der Waals surface area contributed by atoms with Crippen molar-refractivity contribution in [3.05, 3.63) is 46.3 Å². The molecule has 2 N–H and O–H groups in total. The molecule has 31 heavy (non-hydrogen) atoms. The molecular formula is C20H25N3O6S2. The summed E-state index contributed by atoms with van der Waals surface area (Å²) in [6.45, 7) is 5.04. The number of carbonyl (C=O) groups excluding carboxylic acids is 2. The van der Waals surface area contributed by atoms with Crippen LogP contribution < -0.4 is 15.6 Å². The number of hydrogen-bond donors (Lipinski definition) is 2. The quantitative estimate of drug-likeness (QED) is 0.591. The third kappa shape index (κ3) is 6.26. The Morgan fingerprint density at radius 2 is 1.77 bits per heavy atom. The molecule has 3 rings (SSSR count). The fourth-order valence-electron chi connectivity index (χ4n) is 2.84. The van der Waals surface area contributed by atoms with Gasteiger partial charge in [0.15, 0.2) is 6.61 Å². The Morgan fingerprint density at radius 3 is 2.48 bits per heavy atom. The van der Waals surface area contributed by atoms with E-state index in [2.05, 4.69) is 10.9 Å². The summed E-state index contributed by atoms with van der Waals surface area (Å²) in [6.07, 6.45) is -0.0540. The fourth-order valence-corrected chi connectivity index (χ4v) is 5.75.